The highest BCUT2D eigenvalue weighted by atomic mass is 16.5. The smallest absolute Gasteiger partial charge is 0.355 e. The van der Waals surface area contributed by atoms with Crippen LogP contribution in [0.25, 0.3) is 32.8 Å². The van der Waals surface area contributed by atoms with Gasteiger partial charge in [-0.05, 0) is 50.6 Å². The fourth-order valence-electron chi connectivity index (χ4n) is 5.08. The lowest BCUT2D eigenvalue weighted by molar-refractivity contribution is 0.0519. The van der Waals surface area contributed by atoms with E-state index in [1.807, 2.05) is 56.3 Å². The molecule has 5 rings (SSSR count). The number of fused-ring (bicyclic) bond motifs is 2. The van der Waals surface area contributed by atoms with E-state index in [9.17, 15) is 9.90 Å². The normalized spacial score (nSPS) is 11.5. The van der Waals surface area contributed by atoms with Crippen LogP contribution in [0.4, 0.5) is 0 Å². The summed E-state index contributed by atoms with van der Waals surface area (Å²) in [5, 5.41) is 20.5. The van der Waals surface area contributed by atoms with Gasteiger partial charge in [0.05, 0.1) is 49.4 Å². The monoisotopic (exact) mass is 541 g/mol. The van der Waals surface area contributed by atoms with Crippen LogP contribution < -0.4 is 4.74 Å². The third-order valence-corrected chi connectivity index (χ3v) is 6.90. The number of rotatable bonds is 12. The first-order chi connectivity index (χ1) is 19.5. The molecule has 3 aromatic carbocycles. The summed E-state index contributed by atoms with van der Waals surface area (Å²) in [6, 6.07) is 20.1. The molecular formula is C32H35N3O5. The van der Waals surface area contributed by atoms with Crippen LogP contribution in [0.3, 0.4) is 0 Å². The van der Waals surface area contributed by atoms with Gasteiger partial charge in [0.15, 0.2) is 0 Å². The molecule has 40 heavy (non-hydrogen) atoms. The summed E-state index contributed by atoms with van der Waals surface area (Å²) in [7, 11) is 0. The Morgan fingerprint density at radius 2 is 1.80 bits per heavy atom. The van der Waals surface area contributed by atoms with Crippen molar-refractivity contribution in [3.05, 3.63) is 83.3 Å². The number of nitrogens with zero attached hydrogens (tertiary/aromatic N) is 1. The zero-order valence-corrected chi connectivity index (χ0v) is 23.1. The number of aryl methyl sites for hydroxylation is 1. The molecule has 0 amide bonds. The van der Waals surface area contributed by atoms with Crippen molar-refractivity contribution in [3.8, 4) is 16.9 Å². The van der Waals surface area contributed by atoms with Crippen LogP contribution in [0.15, 0.2) is 60.7 Å². The minimum absolute atomic E-state index is 0.0292. The van der Waals surface area contributed by atoms with Gasteiger partial charge >= 0.3 is 5.97 Å². The van der Waals surface area contributed by atoms with Crippen LogP contribution in [0.2, 0.25) is 0 Å². The highest BCUT2D eigenvalue weighted by Crippen LogP contribution is 2.36. The van der Waals surface area contributed by atoms with Gasteiger partial charge in [0.2, 0.25) is 0 Å². The van der Waals surface area contributed by atoms with Gasteiger partial charge in [-0.2, -0.15) is 5.10 Å². The Balaban J connectivity index is 1.47. The molecule has 0 aliphatic carbocycles. The van der Waals surface area contributed by atoms with Gasteiger partial charge in [-0.25, -0.2) is 4.79 Å². The Morgan fingerprint density at radius 3 is 2.60 bits per heavy atom. The molecule has 2 aromatic heterocycles. The molecule has 0 bridgehead atoms. The van der Waals surface area contributed by atoms with Crippen LogP contribution in [-0.4, -0.2) is 45.6 Å². The molecule has 2 heterocycles. The van der Waals surface area contributed by atoms with E-state index >= 15 is 0 Å². The number of hydrogen-bond acceptors (Lipinski definition) is 6. The summed E-state index contributed by atoms with van der Waals surface area (Å²) in [5.74, 6) is 0.449. The summed E-state index contributed by atoms with van der Waals surface area (Å²) in [6.07, 6.45) is 1.35. The molecule has 0 aliphatic rings. The van der Waals surface area contributed by atoms with Crippen LogP contribution in [0, 0.1) is 0 Å². The Bertz CT molecular complexity index is 1610. The molecule has 0 spiro atoms. The molecule has 8 nitrogen and oxygen atoms in total. The number of carbonyl (C=O) groups excluding carboxylic acids is 1. The largest absolute Gasteiger partial charge is 0.493 e. The number of aromatic nitrogens is 3. The molecule has 3 N–H and O–H groups in total. The number of H-pyrrole nitrogens is 2. The lowest BCUT2D eigenvalue weighted by Crippen LogP contribution is -2.09. The van der Waals surface area contributed by atoms with Crippen molar-refractivity contribution in [2.75, 3.05) is 13.2 Å². The van der Waals surface area contributed by atoms with Crippen molar-refractivity contribution in [3.63, 3.8) is 0 Å². The van der Waals surface area contributed by atoms with Gasteiger partial charge in [-0.1, -0.05) is 54.6 Å². The maximum absolute atomic E-state index is 13.0. The molecule has 0 saturated heterocycles. The number of esters is 1. The van der Waals surface area contributed by atoms with E-state index in [-0.39, 0.29) is 19.3 Å². The Hall–Kier alpha value is -4.14. The van der Waals surface area contributed by atoms with Crippen LogP contribution in [-0.2, 0) is 29.1 Å². The van der Waals surface area contributed by atoms with Gasteiger partial charge in [0, 0.05) is 21.9 Å². The van der Waals surface area contributed by atoms with Crippen LogP contribution in [0.1, 0.15) is 54.6 Å². The Morgan fingerprint density at radius 1 is 1.02 bits per heavy atom. The third kappa shape index (κ3) is 5.59. The number of benzene rings is 3. The van der Waals surface area contributed by atoms with Crippen molar-refractivity contribution in [2.45, 2.75) is 52.9 Å². The predicted molar refractivity (Wildman–Crippen MR) is 155 cm³/mol. The van der Waals surface area contributed by atoms with E-state index in [1.54, 1.807) is 6.92 Å². The highest BCUT2D eigenvalue weighted by Gasteiger charge is 2.23. The first-order valence-electron chi connectivity index (χ1n) is 13.7. The van der Waals surface area contributed by atoms with Gasteiger partial charge in [-0.15, -0.1) is 0 Å². The zero-order valence-electron chi connectivity index (χ0n) is 23.1. The third-order valence-electron chi connectivity index (χ3n) is 6.90. The van der Waals surface area contributed by atoms with E-state index in [4.69, 9.17) is 14.2 Å². The van der Waals surface area contributed by atoms with Crippen molar-refractivity contribution in [2.24, 2.45) is 0 Å². The fourth-order valence-corrected chi connectivity index (χ4v) is 5.08. The number of nitrogens with one attached hydrogen (secondary N) is 2. The molecule has 8 heteroatoms. The minimum Gasteiger partial charge on any atom is -0.493 e. The number of aliphatic hydroxyl groups is 1. The average Bonchev–Trinajstić information content (AvgIpc) is 3.55. The second-order valence-electron chi connectivity index (χ2n) is 9.90. The average molecular weight is 542 g/mol. The van der Waals surface area contributed by atoms with E-state index in [1.165, 1.54) is 0 Å². The molecule has 208 valence electrons. The number of hydrogen-bond donors (Lipinski definition) is 3. The number of carbonyl (C=O) groups is 1. The Kier molecular flexibility index (Phi) is 8.48. The van der Waals surface area contributed by atoms with E-state index < -0.39 is 5.97 Å². The van der Waals surface area contributed by atoms with E-state index in [2.05, 4.69) is 33.4 Å². The molecule has 0 atom stereocenters. The summed E-state index contributed by atoms with van der Waals surface area (Å²) in [5.41, 5.74) is 5.00. The van der Waals surface area contributed by atoms with E-state index in [0.717, 1.165) is 44.1 Å². The SMILES string of the molecule is CCOC(=O)c1[nH]c2c(-c3c(COC(C)C)n[nH]c3CO)cccc2c1CCCOc1cccc2ccccc12. The molecule has 0 aliphatic heterocycles. The second kappa shape index (κ2) is 12.4. The maximum atomic E-state index is 13.0. The van der Waals surface area contributed by atoms with E-state index in [0.29, 0.717) is 43.1 Å². The number of ether oxygens (including phenoxy) is 3. The fraction of sp³-hybridized carbons (Fsp3) is 0.312. The summed E-state index contributed by atoms with van der Waals surface area (Å²) in [6.45, 7) is 6.59. The zero-order chi connectivity index (χ0) is 28.1. The highest BCUT2D eigenvalue weighted by molar-refractivity contribution is 6.04. The maximum Gasteiger partial charge on any atom is 0.355 e. The lowest BCUT2D eigenvalue weighted by Gasteiger charge is -2.10. The van der Waals surface area contributed by atoms with Gasteiger partial charge in [-0.3, -0.25) is 5.10 Å². The van der Waals surface area contributed by atoms with Gasteiger partial charge in [0.1, 0.15) is 11.4 Å². The minimum atomic E-state index is -0.396. The summed E-state index contributed by atoms with van der Waals surface area (Å²) >= 11 is 0. The molecule has 0 fully saturated rings. The topological polar surface area (TPSA) is 109 Å². The number of aromatic amines is 2. The van der Waals surface area contributed by atoms with Crippen molar-refractivity contribution in [1.29, 1.82) is 0 Å². The van der Waals surface area contributed by atoms with Crippen molar-refractivity contribution in [1.82, 2.24) is 15.2 Å². The van der Waals surface area contributed by atoms with Gasteiger partial charge < -0.3 is 24.3 Å². The lowest BCUT2D eigenvalue weighted by atomic mass is 9.98. The quantitative estimate of drug-likeness (QED) is 0.126. The summed E-state index contributed by atoms with van der Waals surface area (Å²) in [4.78, 5) is 16.4. The van der Waals surface area contributed by atoms with Crippen LogP contribution >= 0.6 is 0 Å². The molecule has 5 aromatic rings. The molecule has 0 unspecified atom stereocenters. The standard InChI is InChI=1S/C32H35N3O5/c1-4-38-32(37)31-24(15-9-17-39-28-16-7-11-21-10-5-6-12-22(21)28)23-13-8-14-25(30(23)33-31)29-26(18-36)34-35-27(29)19-40-20(2)3/h5-8,10-14,16,20,33,36H,4,9,15,17-19H2,1-3H3,(H,34,35). The van der Waals surface area contributed by atoms with Gasteiger partial charge in [0.25, 0.3) is 0 Å². The Labute approximate surface area is 233 Å². The first kappa shape index (κ1) is 27.4. The molecule has 0 radical (unpaired) electrons. The molecular weight excluding hydrogens is 506 g/mol. The molecule has 0 saturated carbocycles. The van der Waals surface area contributed by atoms with Crippen LogP contribution in [0.5, 0.6) is 5.75 Å². The predicted octanol–water partition coefficient (Wildman–Crippen LogP) is 6.32. The van der Waals surface area contributed by atoms with Crippen molar-refractivity contribution >= 4 is 27.6 Å². The number of aliphatic hydroxyl groups excluding tert-OH is 1. The number of para-hydroxylation sites is 1. The second-order valence-corrected chi connectivity index (χ2v) is 9.90. The first-order valence-corrected chi connectivity index (χ1v) is 13.7. The summed E-state index contributed by atoms with van der Waals surface area (Å²) < 4.78 is 17.4. The van der Waals surface area contributed by atoms with Crippen molar-refractivity contribution < 1.29 is 24.1 Å².